The monoisotopic (exact) mass is 478 g/mol. The van der Waals surface area contributed by atoms with Gasteiger partial charge in [-0.2, -0.15) is 0 Å². The summed E-state index contributed by atoms with van der Waals surface area (Å²) in [6, 6.07) is 3.61. The van der Waals surface area contributed by atoms with E-state index < -0.39 is 18.4 Å². The molecule has 0 saturated carbocycles. The summed E-state index contributed by atoms with van der Waals surface area (Å²) in [5.41, 5.74) is 0.751. The van der Waals surface area contributed by atoms with Crippen LogP contribution < -0.4 is 9.84 Å². The molecule has 0 aliphatic carbocycles. The van der Waals surface area contributed by atoms with Gasteiger partial charge >= 0.3 is 0 Å². The maximum absolute atomic E-state index is 12.2. The Balaban J connectivity index is 2.31. The predicted molar refractivity (Wildman–Crippen MR) is 97.9 cm³/mol. The van der Waals surface area contributed by atoms with Crippen LogP contribution in [-0.2, 0) is 9.59 Å². The molecule has 0 N–H and O–H groups in total. The molecule has 1 aromatic rings. The lowest BCUT2D eigenvalue weighted by Gasteiger charge is -2.14. The molecule has 1 heterocycles. The molecular weight excluding hydrogens is 470 g/mol. The molecular formula is C14H10Br2NO4S2-. The lowest BCUT2D eigenvalue weighted by atomic mass is 10.2. The highest BCUT2D eigenvalue weighted by Gasteiger charge is 2.31. The molecule has 0 bridgehead atoms. The van der Waals surface area contributed by atoms with E-state index in [9.17, 15) is 14.7 Å². The van der Waals surface area contributed by atoms with Crippen LogP contribution in [0, 0.1) is 0 Å². The van der Waals surface area contributed by atoms with Gasteiger partial charge < -0.3 is 14.6 Å². The zero-order chi connectivity index (χ0) is 17.1. The molecule has 23 heavy (non-hydrogen) atoms. The van der Waals surface area contributed by atoms with Gasteiger partial charge in [0, 0.05) is 0 Å². The van der Waals surface area contributed by atoms with Crippen LogP contribution in [0.2, 0.25) is 0 Å². The second-order valence-corrected chi connectivity index (χ2v) is 7.77. The smallest absolute Gasteiger partial charge is 0.266 e. The number of nitrogens with zero attached hydrogens (tertiary/aromatic N) is 1. The van der Waals surface area contributed by atoms with E-state index in [0.29, 0.717) is 17.3 Å². The van der Waals surface area contributed by atoms with Gasteiger partial charge in [0.25, 0.3) is 5.91 Å². The number of benzene rings is 1. The van der Waals surface area contributed by atoms with Gasteiger partial charge in [0.15, 0.2) is 0 Å². The van der Waals surface area contributed by atoms with Crippen molar-refractivity contribution >= 4 is 78.1 Å². The summed E-state index contributed by atoms with van der Waals surface area (Å²) in [5, 5.41) is 10.7. The van der Waals surface area contributed by atoms with Crippen molar-refractivity contribution in [2.75, 3.05) is 13.2 Å². The van der Waals surface area contributed by atoms with Crippen molar-refractivity contribution in [1.29, 1.82) is 0 Å². The molecule has 0 unspecified atom stereocenters. The van der Waals surface area contributed by atoms with Crippen LogP contribution in [-0.4, -0.2) is 34.2 Å². The summed E-state index contributed by atoms with van der Waals surface area (Å²) in [4.78, 5) is 24.3. The zero-order valence-electron chi connectivity index (χ0n) is 11.8. The number of carbonyl (C=O) groups excluding carboxylic acids is 2. The molecule has 1 fully saturated rings. The highest BCUT2D eigenvalue weighted by molar-refractivity contribution is 9.11. The normalized spacial score (nSPS) is 16.3. The first kappa shape index (κ1) is 18.4. The van der Waals surface area contributed by atoms with E-state index in [1.165, 1.54) is 0 Å². The molecule has 1 saturated heterocycles. The average molecular weight is 480 g/mol. The Hall–Kier alpha value is -0.900. The molecule has 122 valence electrons. The molecule has 9 heteroatoms. The third-order valence-electron chi connectivity index (χ3n) is 2.77. The average Bonchev–Trinajstić information content (AvgIpc) is 2.70. The zero-order valence-corrected chi connectivity index (χ0v) is 16.6. The minimum Gasteiger partial charge on any atom is -0.548 e. The molecule has 1 aliphatic rings. The van der Waals surface area contributed by atoms with Crippen LogP contribution in [0.15, 0.2) is 26.0 Å². The summed E-state index contributed by atoms with van der Waals surface area (Å²) < 4.78 is 7.19. The van der Waals surface area contributed by atoms with Gasteiger partial charge in [-0.05, 0) is 62.6 Å². The fraction of sp³-hybridized carbons (Fsp3) is 0.214. The Kier molecular flexibility index (Phi) is 6.24. The fourth-order valence-electron chi connectivity index (χ4n) is 1.86. The fourth-order valence-corrected chi connectivity index (χ4v) is 4.57. The molecule has 1 aromatic carbocycles. The van der Waals surface area contributed by atoms with Crippen molar-refractivity contribution < 1.29 is 19.4 Å². The quantitative estimate of drug-likeness (QED) is 0.477. The Labute approximate surface area is 159 Å². The van der Waals surface area contributed by atoms with E-state index in [0.717, 1.165) is 31.2 Å². The lowest BCUT2D eigenvalue weighted by Crippen LogP contribution is -2.40. The standard InChI is InChI=1S/C14H11Br2NO4S2/c1-2-21-12-8(15)3-7(4-9(12)16)5-10-13(20)17(6-11(18)19)14(22)23-10/h3-5H,2,6H2,1H3,(H,18,19)/p-1/b10-5-. The summed E-state index contributed by atoms with van der Waals surface area (Å²) in [5.74, 6) is -1.12. The van der Waals surface area contributed by atoms with Crippen LogP contribution in [0.3, 0.4) is 0 Å². The van der Waals surface area contributed by atoms with Crippen molar-refractivity contribution in [1.82, 2.24) is 4.90 Å². The van der Waals surface area contributed by atoms with Gasteiger partial charge in [-0.3, -0.25) is 9.69 Å². The van der Waals surface area contributed by atoms with E-state index in [1.54, 1.807) is 18.2 Å². The van der Waals surface area contributed by atoms with Gasteiger partial charge in [0.2, 0.25) is 0 Å². The molecule has 1 amide bonds. The van der Waals surface area contributed by atoms with Gasteiger partial charge in [-0.1, -0.05) is 24.0 Å². The number of ether oxygens (including phenoxy) is 1. The van der Waals surface area contributed by atoms with Crippen LogP contribution >= 0.6 is 55.8 Å². The van der Waals surface area contributed by atoms with Crippen LogP contribution in [0.25, 0.3) is 6.08 Å². The molecule has 0 aromatic heterocycles. The van der Waals surface area contributed by atoms with E-state index in [2.05, 4.69) is 31.9 Å². The minimum absolute atomic E-state index is 0.203. The first-order valence-electron chi connectivity index (χ1n) is 6.40. The SMILES string of the molecule is CCOc1c(Br)cc(/C=C2\SC(=S)N(CC(=O)[O-])C2=O)cc1Br. The van der Waals surface area contributed by atoms with Crippen LogP contribution in [0.1, 0.15) is 12.5 Å². The predicted octanol–water partition coefficient (Wildman–Crippen LogP) is 2.56. The second-order valence-electron chi connectivity index (χ2n) is 4.39. The third-order valence-corrected chi connectivity index (χ3v) is 5.32. The number of rotatable bonds is 5. The van der Waals surface area contributed by atoms with Gasteiger partial charge in [-0.15, -0.1) is 0 Å². The van der Waals surface area contributed by atoms with E-state index in [1.807, 2.05) is 6.92 Å². The maximum atomic E-state index is 12.2. The molecule has 2 rings (SSSR count). The van der Waals surface area contributed by atoms with E-state index >= 15 is 0 Å². The van der Waals surface area contributed by atoms with Gasteiger partial charge in [0.05, 0.1) is 33.0 Å². The highest BCUT2D eigenvalue weighted by atomic mass is 79.9. The number of carboxylic acid groups (broad SMARTS) is 1. The number of thioether (sulfide) groups is 1. The van der Waals surface area contributed by atoms with Gasteiger partial charge in [0.1, 0.15) is 10.1 Å². The number of amides is 1. The van der Waals surface area contributed by atoms with E-state index in [-0.39, 0.29) is 4.32 Å². The maximum Gasteiger partial charge on any atom is 0.266 e. The summed E-state index contributed by atoms with van der Waals surface area (Å²) in [6.45, 7) is 1.87. The number of hydrogen-bond acceptors (Lipinski definition) is 6. The highest BCUT2D eigenvalue weighted by Crippen LogP contribution is 2.37. The molecule has 0 spiro atoms. The van der Waals surface area contributed by atoms with Gasteiger partial charge in [-0.25, -0.2) is 0 Å². The summed E-state index contributed by atoms with van der Waals surface area (Å²) in [7, 11) is 0. The number of halogens is 2. The van der Waals surface area contributed by atoms with Crippen LogP contribution in [0.5, 0.6) is 5.75 Å². The number of hydrogen-bond donors (Lipinski definition) is 0. The van der Waals surface area contributed by atoms with Crippen molar-refractivity contribution in [3.63, 3.8) is 0 Å². The number of aliphatic carboxylic acids is 1. The first-order valence-corrected chi connectivity index (χ1v) is 9.21. The molecule has 5 nitrogen and oxygen atoms in total. The first-order chi connectivity index (χ1) is 10.8. The molecule has 0 atom stereocenters. The number of thiocarbonyl (C=S) groups is 1. The van der Waals surface area contributed by atoms with Crippen molar-refractivity contribution in [2.45, 2.75) is 6.92 Å². The Bertz CT molecular complexity index is 698. The Morgan fingerprint density at radius 1 is 1.43 bits per heavy atom. The largest absolute Gasteiger partial charge is 0.548 e. The third kappa shape index (κ3) is 4.34. The van der Waals surface area contributed by atoms with Crippen LogP contribution in [0.4, 0.5) is 0 Å². The topological polar surface area (TPSA) is 69.7 Å². The number of carboxylic acids is 1. The lowest BCUT2D eigenvalue weighted by molar-refractivity contribution is -0.305. The summed E-state index contributed by atoms with van der Waals surface area (Å²) in [6.07, 6.45) is 1.65. The number of carbonyl (C=O) groups is 2. The summed E-state index contributed by atoms with van der Waals surface area (Å²) >= 11 is 12.9. The Morgan fingerprint density at radius 2 is 2.04 bits per heavy atom. The van der Waals surface area contributed by atoms with E-state index in [4.69, 9.17) is 17.0 Å². The van der Waals surface area contributed by atoms with Crippen molar-refractivity contribution in [2.24, 2.45) is 0 Å². The van der Waals surface area contributed by atoms with Crippen molar-refractivity contribution in [3.05, 3.63) is 31.5 Å². The minimum atomic E-state index is -1.35. The second kappa shape index (κ2) is 7.78. The Morgan fingerprint density at radius 3 is 2.57 bits per heavy atom. The van der Waals surface area contributed by atoms with Crippen molar-refractivity contribution in [3.8, 4) is 5.75 Å². The molecule has 0 radical (unpaired) electrons. The molecule has 1 aliphatic heterocycles.